The summed E-state index contributed by atoms with van der Waals surface area (Å²) in [5.74, 6) is 1.54. The van der Waals surface area contributed by atoms with Gasteiger partial charge in [-0.3, -0.25) is 0 Å². The van der Waals surface area contributed by atoms with Gasteiger partial charge in [0.2, 0.25) is 0 Å². The molecule has 2 atom stereocenters. The van der Waals surface area contributed by atoms with Gasteiger partial charge in [0, 0.05) is 13.7 Å². The fourth-order valence-electron chi connectivity index (χ4n) is 1.30. The van der Waals surface area contributed by atoms with Crippen LogP contribution in [0.5, 0.6) is 0 Å². The fourth-order valence-corrected chi connectivity index (χ4v) is 1.30. The third-order valence-electron chi connectivity index (χ3n) is 2.06. The van der Waals surface area contributed by atoms with Crippen molar-refractivity contribution >= 4 is 0 Å². The minimum Gasteiger partial charge on any atom is -0.384 e. The predicted octanol–water partition coefficient (Wildman–Crippen LogP) is 0.488. The Balaban J connectivity index is 2.22. The average molecular weight is 129 g/mol. The summed E-state index contributed by atoms with van der Waals surface area (Å²) in [6.45, 7) is 5.47. The van der Waals surface area contributed by atoms with Crippen molar-refractivity contribution < 1.29 is 4.74 Å². The molecule has 1 heterocycles. The topological polar surface area (TPSA) is 21.3 Å². The van der Waals surface area contributed by atoms with E-state index < -0.39 is 0 Å². The van der Waals surface area contributed by atoms with Crippen molar-refractivity contribution in [2.24, 2.45) is 11.8 Å². The first-order valence-electron chi connectivity index (χ1n) is 3.54. The third-order valence-corrected chi connectivity index (χ3v) is 2.06. The van der Waals surface area contributed by atoms with E-state index in [2.05, 4.69) is 12.2 Å². The summed E-state index contributed by atoms with van der Waals surface area (Å²) < 4.78 is 5.06. The maximum Gasteiger partial charge on any atom is 0.0505 e. The van der Waals surface area contributed by atoms with Gasteiger partial charge in [-0.05, 0) is 18.4 Å². The van der Waals surface area contributed by atoms with Crippen LogP contribution < -0.4 is 5.32 Å². The van der Waals surface area contributed by atoms with Gasteiger partial charge in [0.15, 0.2) is 0 Å². The Labute approximate surface area is 56.6 Å². The van der Waals surface area contributed by atoms with E-state index in [1.807, 2.05) is 0 Å². The molecule has 0 bridgehead atoms. The number of rotatable bonds is 2. The van der Waals surface area contributed by atoms with E-state index in [-0.39, 0.29) is 0 Å². The SMILES string of the molecule is COC[C@H]1CNC[C@H]1C. The van der Waals surface area contributed by atoms with Gasteiger partial charge < -0.3 is 10.1 Å². The Morgan fingerprint density at radius 3 is 2.78 bits per heavy atom. The second-order valence-electron chi connectivity index (χ2n) is 2.85. The highest BCUT2D eigenvalue weighted by molar-refractivity contribution is 4.77. The van der Waals surface area contributed by atoms with Gasteiger partial charge >= 0.3 is 0 Å². The van der Waals surface area contributed by atoms with Gasteiger partial charge in [0.25, 0.3) is 0 Å². The minimum absolute atomic E-state index is 0.745. The maximum absolute atomic E-state index is 5.06. The maximum atomic E-state index is 5.06. The second-order valence-corrected chi connectivity index (χ2v) is 2.85. The van der Waals surface area contributed by atoms with Crippen molar-refractivity contribution in [2.45, 2.75) is 6.92 Å². The molecule has 54 valence electrons. The highest BCUT2D eigenvalue weighted by atomic mass is 16.5. The molecule has 2 nitrogen and oxygen atoms in total. The van der Waals surface area contributed by atoms with Crippen LogP contribution in [0.2, 0.25) is 0 Å². The molecular weight excluding hydrogens is 114 g/mol. The average Bonchev–Trinajstić information content (AvgIpc) is 2.18. The quantitative estimate of drug-likeness (QED) is 0.586. The van der Waals surface area contributed by atoms with E-state index >= 15 is 0 Å². The summed E-state index contributed by atoms with van der Waals surface area (Å²) in [5.41, 5.74) is 0. The molecule has 1 aliphatic heterocycles. The van der Waals surface area contributed by atoms with E-state index in [0.29, 0.717) is 0 Å². The van der Waals surface area contributed by atoms with Crippen molar-refractivity contribution in [3.63, 3.8) is 0 Å². The van der Waals surface area contributed by atoms with Crippen LogP contribution >= 0.6 is 0 Å². The molecule has 1 fully saturated rings. The molecule has 0 spiro atoms. The molecule has 0 amide bonds. The van der Waals surface area contributed by atoms with E-state index in [1.54, 1.807) is 7.11 Å². The van der Waals surface area contributed by atoms with Crippen LogP contribution in [0.1, 0.15) is 6.92 Å². The highest BCUT2D eigenvalue weighted by Gasteiger charge is 2.21. The van der Waals surface area contributed by atoms with Crippen molar-refractivity contribution in [3.8, 4) is 0 Å². The van der Waals surface area contributed by atoms with Crippen LogP contribution in [-0.4, -0.2) is 26.8 Å². The lowest BCUT2D eigenvalue weighted by Gasteiger charge is -2.11. The number of hydrogen-bond acceptors (Lipinski definition) is 2. The van der Waals surface area contributed by atoms with E-state index in [4.69, 9.17) is 4.74 Å². The van der Waals surface area contributed by atoms with Crippen LogP contribution in [-0.2, 0) is 4.74 Å². The number of nitrogens with one attached hydrogen (secondary N) is 1. The Hall–Kier alpha value is -0.0800. The summed E-state index contributed by atoms with van der Waals surface area (Å²) in [7, 11) is 1.77. The van der Waals surface area contributed by atoms with Gasteiger partial charge in [-0.25, -0.2) is 0 Å². The molecule has 0 unspecified atom stereocenters. The largest absolute Gasteiger partial charge is 0.384 e. The molecule has 0 radical (unpaired) electrons. The summed E-state index contributed by atoms with van der Waals surface area (Å²) in [6, 6.07) is 0. The molecule has 0 saturated carbocycles. The minimum atomic E-state index is 0.745. The van der Waals surface area contributed by atoms with Crippen LogP contribution in [0.4, 0.5) is 0 Å². The van der Waals surface area contributed by atoms with E-state index in [1.165, 1.54) is 0 Å². The lowest BCUT2D eigenvalue weighted by Crippen LogP contribution is -2.15. The van der Waals surface area contributed by atoms with Crippen LogP contribution in [0.15, 0.2) is 0 Å². The smallest absolute Gasteiger partial charge is 0.0505 e. The van der Waals surface area contributed by atoms with Gasteiger partial charge in [0.1, 0.15) is 0 Å². The first-order chi connectivity index (χ1) is 4.34. The Morgan fingerprint density at radius 1 is 1.56 bits per heavy atom. The lowest BCUT2D eigenvalue weighted by molar-refractivity contribution is 0.144. The second kappa shape index (κ2) is 3.18. The van der Waals surface area contributed by atoms with Crippen molar-refractivity contribution in [3.05, 3.63) is 0 Å². The molecule has 1 aliphatic rings. The number of hydrogen-bond donors (Lipinski definition) is 1. The van der Waals surface area contributed by atoms with Crippen molar-refractivity contribution in [2.75, 3.05) is 26.8 Å². The van der Waals surface area contributed by atoms with Gasteiger partial charge in [-0.2, -0.15) is 0 Å². The summed E-state index contributed by atoms with van der Waals surface area (Å²) in [5, 5.41) is 3.33. The lowest BCUT2D eigenvalue weighted by atomic mass is 10.00. The predicted molar refractivity (Wildman–Crippen MR) is 37.4 cm³/mol. The summed E-state index contributed by atoms with van der Waals surface area (Å²) in [4.78, 5) is 0. The molecule has 1 saturated heterocycles. The molecule has 2 heteroatoms. The zero-order chi connectivity index (χ0) is 6.69. The zero-order valence-electron chi connectivity index (χ0n) is 6.18. The molecule has 0 aromatic rings. The van der Waals surface area contributed by atoms with Crippen LogP contribution in [0.3, 0.4) is 0 Å². The van der Waals surface area contributed by atoms with Gasteiger partial charge in [-0.1, -0.05) is 6.92 Å². The molecule has 0 aromatic heterocycles. The summed E-state index contributed by atoms with van der Waals surface area (Å²) >= 11 is 0. The molecule has 0 aromatic carbocycles. The first-order valence-corrected chi connectivity index (χ1v) is 3.54. The third kappa shape index (κ3) is 1.66. The zero-order valence-corrected chi connectivity index (χ0v) is 6.18. The normalized spacial score (nSPS) is 35.3. The fraction of sp³-hybridized carbons (Fsp3) is 1.00. The molecule has 1 N–H and O–H groups in total. The highest BCUT2D eigenvalue weighted by Crippen LogP contribution is 2.14. The number of ether oxygens (including phenoxy) is 1. The van der Waals surface area contributed by atoms with E-state index in [0.717, 1.165) is 31.5 Å². The molecule has 0 aliphatic carbocycles. The first kappa shape index (κ1) is 7.03. The monoisotopic (exact) mass is 129 g/mol. The molecule has 9 heavy (non-hydrogen) atoms. The standard InChI is InChI=1S/C7H15NO/c1-6-3-8-4-7(6)5-9-2/h6-8H,3-5H2,1-2H3/t6-,7-/m1/s1. The van der Waals surface area contributed by atoms with Gasteiger partial charge in [0.05, 0.1) is 6.61 Å². The van der Waals surface area contributed by atoms with Gasteiger partial charge in [-0.15, -0.1) is 0 Å². The molecular formula is C7H15NO. The Bertz CT molecular complexity index is 85.0. The Morgan fingerprint density at radius 2 is 2.33 bits per heavy atom. The molecule has 1 rings (SSSR count). The summed E-state index contributed by atoms with van der Waals surface area (Å²) in [6.07, 6.45) is 0. The Kier molecular flexibility index (Phi) is 2.49. The number of methoxy groups -OCH3 is 1. The van der Waals surface area contributed by atoms with Crippen LogP contribution in [0, 0.1) is 11.8 Å². The van der Waals surface area contributed by atoms with E-state index in [9.17, 15) is 0 Å². The van der Waals surface area contributed by atoms with Crippen molar-refractivity contribution in [1.29, 1.82) is 0 Å². The van der Waals surface area contributed by atoms with Crippen LogP contribution in [0.25, 0.3) is 0 Å². The van der Waals surface area contributed by atoms with Crippen molar-refractivity contribution in [1.82, 2.24) is 5.32 Å².